The lowest BCUT2D eigenvalue weighted by Crippen LogP contribution is -2.14. The van der Waals surface area contributed by atoms with Gasteiger partial charge in [0.05, 0.1) is 6.61 Å². The van der Waals surface area contributed by atoms with Gasteiger partial charge in [0.2, 0.25) is 5.91 Å². The molecule has 0 fully saturated rings. The first kappa shape index (κ1) is 18.7. The molecule has 0 aliphatic carbocycles. The predicted octanol–water partition coefficient (Wildman–Crippen LogP) is 5.11. The van der Waals surface area contributed by atoms with Gasteiger partial charge in [0, 0.05) is 18.2 Å². The number of benzene rings is 2. The van der Waals surface area contributed by atoms with E-state index in [1.54, 1.807) is 0 Å². The van der Waals surface area contributed by atoms with Crippen molar-refractivity contribution in [2.24, 2.45) is 0 Å². The summed E-state index contributed by atoms with van der Waals surface area (Å²) in [5.41, 5.74) is 3.64. The highest BCUT2D eigenvalue weighted by molar-refractivity contribution is 5.94. The number of anilines is 1. The Kier molecular flexibility index (Phi) is 5.56. The molecule has 0 atom stereocenters. The van der Waals surface area contributed by atoms with Crippen LogP contribution in [0.2, 0.25) is 0 Å². The predicted molar refractivity (Wildman–Crippen MR) is 115 cm³/mol. The zero-order valence-corrected chi connectivity index (χ0v) is 16.3. The van der Waals surface area contributed by atoms with Gasteiger partial charge in [-0.2, -0.15) is 0 Å². The molecule has 0 saturated heterocycles. The van der Waals surface area contributed by atoms with Crippen LogP contribution in [-0.4, -0.2) is 21.9 Å². The highest BCUT2D eigenvalue weighted by Gasteiger charge is 2.17. The summed E-state index contributed by atoms with van der Waals surface area (Å²) in [4.78, 5) is 17.4. The number of fused-ring (bicyclic) bond motifs is 1. The second-order valence-corrected chi connectivity index (χ2v) is 6.87. The Labute approximate surface area is 170 Å². The normalized spacial score (nSPS) is 10.8. The zero-order chi connectivity index (χ0) is 20.1. The number of ether oxygens (including phenoxy) is 1. The number of imidazole rings is 1. The summed E-state index contributed by atoms with van der Waals surface area (Å²) >= 11 is 0. The lowest BCUT2D eigenvalue weighted by Gasteiger charge is -2.09. The summed E-state index contributed by atoms with van der Waals surface area (Å²) in [5.74, 6) is 1.46. The monoisotopic (exact) mass is 385 g/mol. The first-order valence-corrected chi connectivity index (χ1v) is 9.73. The number of nitrogens with one attached hydrogen (secondary N) is 1. The van der Waals surface area contributed by atoms with E-state index in [4.69, 9.17) is 9.72 Å². The number of carbonyl (C=O) groups excluding carboxylic acids is 1. The number of aryl methyl sites for hydroxylation is 1. The average Bonchev–Trinajstić information content (AvgIpc) is 3.12. The second kappa shape index (κ2) is 8.61. The highest BCUT2D eigenvalue weighted by Crippen LogP contribution is 2.29. The van der Waals surface area contributed by atoms with E-state index in [1.807, 2.05) is 90.3 Å². The van der Waals surface area contributed by atoms with Crippen molar-refractivity contribution < 1.29 is 9.53 Å². The molecule has 1 amide bonds. The van der Waals surface area contributed by atoms with Gasteiger partial charge in [-0.25, -0.2) is 4.98 Å². The van der Waals surface area contributed by atoms with Gasteiger partial charge in [0.1, 0.15) is 22.9 Å². The number of nitrogens with zero attached hydrogens (tertiary/aromatic N) is 2. The Bertz CT molecular complexity index is 1110. The number of para-hydroxylation sites is 1. The third kappa shape index (κ3) is 4.29. The summed E-state index contributed by atoms with van der Waals surface area (Å²) in [5, 5.41) is 3.06. The van der Waals surface area contributed by atoms with E-state index in [2.05, 4.69) is 5.32 Å². The largest absolute Gasteiger partial charge is 0.494 e. The Morgan fingerprint density at radius 3 is 2.48 bits per heavy atom. The van der Waals surface area contributed by atoms with Gasteiger partial charge in [0.25, 0.3) is 0 Å². The maximum absolute atomic E-state index is 12.6. The van der Waals surface area contributed by atoms with Crippen molar-refractivity contribution in [3.8, 4) is 17.0 Å². The Morgan fingerprint density at radius 1 is 1.00 bits per heavy atom. The second-order valence-electron chi connectivity index (χ2n) is 6.87. The van der Waals surface area contributed by atoms with Crippen LogP contribution >= 0.6 is 0 Å². The van der Waals surface area contributed by atoms with Crippen molar-refractivity contribution in [1.29, 1.82) is 0 Å². The van der Waals surface area contributed by atoms with Crippen molar-refractivity contribution in [3.05, 3.63) is 84.6 Å². The maximum Gasteiger partial charge on any atom is 0.225 e. The fraction of sp³-hybridized carbons (Fsp3) is 0.167. The SMILES string of the molecule is Cc1cccn2c(NC(=O)CCCOc3ccccc3)c(-c3ccccc3)nc12. The third-order valence-electron chi connectivity index (χ3n) is 4.71. The fourth-order valence-corrected chi connectivity index (χ4v) is 3.25. The number of hydrogen-bond acceptors (Lipinski definition) is 3. The lowest BCUT2D eigenvalue weighted by molar-refractivity contribution is -0.116. The topological polar surface area (TPSA) is 55.6 Å². The smallest absolute Gasteiger partial charge is 0.225 e. The van der Waals surface area contributed by atoms with Crippen molar-refractivity contribution in [2.75, 3.05) is 11.9 Å². The molecule has 2 aromatic carbocycles. The molecular formula is C24H23N3O2. The molecule has 4 aromatic rings. The highest BCUT2D eigenvalue weighted by atomic mass is 16.5. The van der Waals surface area contributed by atoms with Gasteiger partial charge in [-0.05, 0) is 37.1 Å². The number of hydrogen-bond donors (Lipinski definition) is 1. The van der Waals surface area contributed by atoms with Crippen LogP contribution in [0, 0.1) is 6.92 Å². The summed E-state index contributed by atoms with van der Waals surface area (Å²) < 4.78 is 7.61. The van der Waals surface area contributed by atoms with E-state index < -0.39 is 0 Å². The third-order valence-corrected chi connectivity index (χ3v) is 4.71. The number of amides is 1. The van der Waals surface area contributed by atoms with Crippen molar-refractivity contribution >= 4 is 17.4 Å². The maximum atomic E-state index is 12.6. The number of pyridine rings is 1. The average molecular weight is 385 g/mol. The Morgan fingerprint density at radius 2 is 1.72 bits per heavy atom. The van der Waals surface area contributed by atoms with Gasteiger partial charge in [-0.15, -0.1) is 0 Å². The molecule has 0 bridgehead atoms. The molecule has 1 N–H and O–H groups in total. The first-order valence-electron chi connectivity index (χ1n) is 9.73. The van der Waals surface area contributed by atoms with Gasteiger partial charge in [-0.1, -0.05) is 54.6 Å². The van der Waals surface area contributed by atoms with E-state index in [1.165, 1.54) is 0 Å². The van der Waals surface area contributed by atoms with Crippen LogP contribution in [0.1, 0.15) is 18.4 Å². The molecular weight excluding hydrogens is 362 g/mol. The van der Waals surface area contributed by atoms with Crippen molar-refractivity contribution in [1.82, 2.24) is 9.38 Å². The van der Waals surface area contributed by atoms with Gasteiger partial charge in [-0.3, -0.25) is 9.20 Å². The number of rotatable bonds is 7. The Hall–Kier alpha value is -3.60. The Balaban J connectivity index is 1.49. The lowest BCUT2D eigenvalue weighted by atomic mass is 10.1. The number of carbonyl (C=O) groups is 1. The molecule has 0 aliphatic heterocycles. The van der Waals surface area contributed by atoms with E-state index >= 15 is 0 Å². The van der Waals surface area contributed by atoms with Crippen LogP contribution in [0.4, 0.5) is 5.82 Å². The molecule has 146 valence electrons. The van der Waals surface area contributed by atoms with E-state index in [0.29, 0.717) is 25.3 Å². The molecule has 0 unspecified atom stereocenters. The quantitative estimate of drug-likeness (QED) is 0.450. The molecule has 0 radical (unpaired) electrons. The van der Waals surface area contributed by atoms with Crippen LogP contribution in [0.3, 0.4) is 0 Å². The van der Waals surface area contributed by atoms with Crippen molar-refractivity contribution in [2.45, 2.75) is 19.8 Å². The summed E-state index contributed by atoms with van der Waals surface area (Å²) in [6, 6.07) is 23.5. The van der Waals surface area contributed by atoms with Crippen LogP contribution in [0.25, 0.3) is 16.9 Å². The van der Waals surface area contributed by atoms with Crippen LogP contribution in [0.5, 0.6) is 5.75 Å². The molecule has 0 saturated carbocycles. The minimum absolute atomic E-state index is 0.0536. The minimum atomic E-state index is -0.0536. The number of aromatic nitrogens is 2. The van der Waals surface area contributed by atoms with Gasteiger partial charge >= 0.3 is 0 Å². The van der Waals surface area contributed by atoms with Crippen LogP contribution in [-0.2, 0) is 4.79 Å². The minimum Gasteiger partial charge on any atom is -0.494 e. The summed E-state index contributed by atoms with van der Waals surface area (Å²) in [6.45, 7) is 2.51. The molecule has 2 heterocycles. The summed E-state index contributed by atoms with van der Waals surface area (Å²) in [7, 11) is 0. The van der Waals surface area contributed by atoms with Crippen LogP contribution < -0.4 is 10.1 Å². The molecule has 0 spiro atoms. The molecule has 5 heteroatoms. The van der Waals surface area contributed by atoms with E-state index in [0.717, 1.165) is 28.2 Å². The van der Waals surface area contributed by atoms with Gasteiger partial charge < -0.3 is 10.1 Å². The summed E-state index contributed by atoms with van der Waals surface area (Å²) in [6.07, 6.45) is 2.94. The molecule has 0 aliphatic rings. The van der Waals surface area contributed by atoms with E-state index in [-0.39, 0.29) is 5.91 Å². The van der Waals surface area contributed by atoms with Crippen molar-refractivity contribution in [3.63, 3.8) is 0 Å². The molecule has 4 rings (SSSR count). The first-order chi connectivity index (χ1) is 14.2. The van der Waals surface area contributed by atoms with E-state index in [9.17, 15) is 4.79 Å². The molecule has 5 nitrogen and oxygen atoms in total. The standard InChI is InChI=1S/C24H23N3O2/c1-18-10-8-16-27-23(18)26-22(19-11-4-2-5-12-19)24(27)25-21(28)15-9-17-29-20-13-6-3-7-14-20/h2-8,10-14,16H,9,15,17H2,1H3,(H,25,28). The van der Waals surface area contributed by atoms with Gasteiger partial charge in [0.15, 0.2) is 0 Å². The molecule has 29 heavy (non-hydrogen) atoms. The fourth-order valence-electron chi connectivity index (χ4n) is 3.25. The molecule has 2 aromatic heterocycles. The van der Waals surface area contributed by atoms with Crippen LogP contribution in [0.15, 0.2) is 79.0 Å². The zero-order valence-electron chi connectivity index (χ0n) is 16.3.